The lowest BCUT2D eigenvalue weighted by Gasteiger charge is -2.38. The molecule has 1 amide bonds. The van der Waals surface area contributed by atoms with E-state index in [9.17, 15) is 4.79 Å². The van der Waals surface area contributed by atoms with Gasteiger partial charge in [-0.05, 0) is 24.9 Å². The fourth-order valence-corrected chi connectivity index (χ4v) is 2.92. The summed E-state index contributed by atoms with van der Waals surface area (Å²) in [5, 5.41) is 0.278. The van der Waals surface area contributed by atoms with Crippen molar-refractivity contribution < 1.29 is 4.79 Å². The van der Waals surface area contributed by atoms with E-state index in [4.69, 9.17) is 11.6 Å². The number of carbonyl (C=O) groups is 1. The molecule has 18 heavy (non-hydrogen) atoms. The maximum Gasteiger partial charge on any atom is 0.224 e. The van der Waals surface area contributed by atoms with E-state index < -0.39 is 0 Å². The molecule has 2 fully saturated rings. The van der Waals surface area contributed by atoms with Crippen LogP contribution in [0.2, 0.25) is 5.28 Å². The van der Waals surface area contributed by atoms with E-state index in [1.54, 1.807) is 6.20 Å². The second-order valence-electron chi connectivity index (χ2n) is 4.87. The topological polar surface area (TPSA) is 49.3 Å². The molecule has 0 aliphatic carbocycles. The van der Waals surface area contributed by atoms with Gasteiger partial charge in [0.15, 0.2) is 0 Å². The summed E-state index contributed by atoms with van der Waals surface area (Å²) >= 11 is 5.86. The molecule has 5 nitrogen and oxygen atoms in total. The molecular weight excluding hydrogens is 252 g/mol. The Morgan fingerprint density at radius 1 is 1.44 bits per heavy atom. The number of aromatic nitrogens is 2. The van der Waals surface area contributed by atoms with Gasteiger partial charge in [0.1, 0.15) is 5.82 Å². The highest BCUT2D eigenvalue weighted by molar-refractivity contribution is 6.28. The SMILES string of the molecule is Cc1cnc(Cl)nc1N1CCN2C(=O)CCC2C1. The fraction of sp³-hybridized carbons (Fsp3) is 0.583. The van der Waals surface area contributed by atoms with Gasteiger partial charge in [0, 0.05) is 43.9 Å². The highest BCUT2D eigenvalue weighted by Crippen LogP contribution is 2.27. The largest absolute Gasteiger partial charge is 0.352 e. The molecule has 0 aromatic carbocycles. The third-order valence-corrected chi connectivity index (χ3v) is 3.89. The van der Waals surface area contributed by atoms with E-state index in [1.807, 2.05) is 11.8 Å². The van der Waals surface area contributed by atoms with Crippen molar-refractivity contribution in [1.82, 2.24) is 14.9 Å². The monoisotopic (exact) mass is 266 g/mol. The third kappa shape index (κ3) is 1.92. The van der Waals surface area contributed by atoms with Crippen molar-refractivity contribution in [3.8, 4) is 0 Å². The van der Waals surface area contributed by atoms with E-state index in [0.717, 1.165) is 37.4 Å². The lowest BCUT2D eigenvalue weighted by Crippen LogP contribution is -2.51. The van der Waals surface area contributed by atoms with Crippen LogP contribution >= 0.6 is 11.6 Å². The molecule has 6 heteroatoms. The van der Waals surface area contributed by atoms with Crippen molar-refractivity contribution in [2.24, 2.45) is 0 Å². The zero-order valence-corrected chi connectivity index (χ0v) is 11.0. The maximum atomic E-state index is 11.6. The molecule has 2 aliphatic rings. The van der Waals surface area contributed by atoms with Crippen LogP contribution in [0.15, 0.2) is 6.20 Å². The summed E-state index contributed by atoms with van der Waals surface area (Å²) in [6.07, 6.45) is 3.38. The average molecular weight is 267 g/mol. The van der Waals surface area contributed by atoms with Gasteiger partial charge in [-0.15, -0.1) is 0 Å². The van der Waals surface area contributed by atoms with Gasteiger partial charge in [0.2, 0.25) is 11.2 Å². The highest BCUT2D eigenvalue weighted by atomic mass is 35.5. The summed E-state index contributed by atoms with van der Waals surface area (Å²) < 4.78 is 0. The zero-order chi connectivity index (χ0) is 12.7. The molecule has 3 heterocycles. The van der Waals surface area contributed by atoms with Crippen LogP contribution < -0.4 is 4.90 Å². The summed E-state index contributed by atoms with van der Waals surface area (Å²) in [5.74, 6) is 1.19. The summed E-state index contributed by atoms with van der Waals surface area (Å²) in [6.45, 7) is 4.43. The number of anilines is 1. The van der Waals surface area contributed by atoms with Gasteiger partial charge in [-0.25, -0.2) is 9.97 Å². The lowest BCUT2D eigenvalue weighted by molar-refractivity contribution is -0.129. The lowest BCUT2D eigenvalue weighted by atomic mass is 10.1. The number of fused-ring (bicyclic) bond motifs is 1. The van der Waals surface area contributed by atoms with Gasteiger partial charge in [0.25, 0.3) is 0 Å². The first-order valence-electron chi connectivity index (χ1n) is 6.18. The van der Waals surface area contributed by atoms with Crippen LogP contribution in [0.25, 0.3) is 0 Å². The van der Waals surface area contributed by atoms with Crippen LogP contribution in [-0.2, 0) is 4.79 Å². The van der Waals surface area contributed by atoms with Gasteiger partial charge in [-0.2, -0.15) is 0 Å². The second-order valence-corrected chi connectivity index (χ2v) is 5.21. The molecule has 2 aliphatic heterocycles. The molecule has 1 atom stereocenters. The minimum atomic E-state index is 0.278. The quantitative estimate of drug-likeness (QED) is 0.718. The number of hydrogen-bond acceptors (Lipinski definition) is 4. The van der Waals surface area contributed by atoms with Gasteiger partial charge in [-0.3, -0.25) is 4.79 Å². The third-order valence-electron chi connectivity index (χ3n) is 3.71. The number of nitrogens with zero attached hydrogens (tertiary/aromatic N) is 4. The fourth-order valence-electron chi connectivity index (χ4n) is 2.79. The molecule has 3 rings (SSSR count). The molecule has 0 N–H and O–H groups in total. The Morgan fingerprint density at radius 2 is 2.28 bits per heavy atom. The summed E-state index contributed by atoms with van der Waals surface area (Å²) in [6, 6.07) is 0.333. The Balaban J connectivity index is 1.82. The van der Waals surface area contributed by atoms with Crippen molar-refractivity contribution in [1.29, 1.82) is 0 Å². The molecular formula is C12H15ClN4O. The number of hydrogen-bond donors (Lipinski definition) is 0. The van der Waals surface area contributed by atoms with Crippen molar-refractivity contribution in [2.75, 3.05) is 24.5 Å². The van der Waals surface area contributed by atoms with Gasteiger partial charge in [0.05, 0.1) is 0 Å². The summed E-state index contributed by atoms with van der Waals surface area (Å²) in [7, 11) is 0. The van der Waals surface area contributed by atoms with E-state index in [1.165, 1.54) is 0 Å². The number of aryl methyl sites for hydroxylation is 1. The Kier molecular flexibility index (Phi) is 2.86. The number of carbonyl (C=O) groups excluding carboxylic acids is 1. The van der Waals surface area contributed by atoms with E-state index in [-0.39, 0.29) is 11.2 Å². The van der Waals surface area contributed by atoms with Crippen LogP contribution in [0, 0.1) is 6.92 Å². The van der Waals surface area contributed by atoms with Crippen molar-refractivity contribution >= 4 is 23.3 Å². The molecule has 1 aromatic rings. The van der Waals surface area contributed by atoms with Crippen LogP contribution in [0.1, 0.15) is 18.4 Å². The van der Waals surface area contributed by atoms with E-state index in [2.05, 4.69) is 14.9 Å². The summed E-state index contributed by atoms with van der Waals surface area (Å²) in [5.41, 5.74) is 1.03. The standard InChI is InChI=1S/C12H15ClN4O/c1-8-6-14-12(13)15-11(8)16-4-5-17-9(7-16)2-3-10(17)18/h6,9H,2-5,7H2,1H3. The van der Waals surface area contributed by atoms with E-state index >= 15 is 0 Å². The average Bonchev–Trinajstić information content (AvgIpc) is 2.74. The molecule has 2 saturated heterocycles. The van der Waals surface area contributed by atoms with E-state index in [0.29, 0.717) is 12.5 Å². The number of piperazine rings is 1. The van der Waals surface area contributed by atoms with Crippen molar-refractivity contribution in [2.45, 2.75) is 25.8 Å². The maximum absolute atomic E-state index is 11.6. The minimum Gasteiger partial charge on any atom is -0.352 e. The Bertz CT molecular complexity index is 493. The normalized spacial score (nSPS) is 23.4. The number of halogens is 1. The molecule has 1 unspecified atom stereocenters. The minimum absolute atomic E-state index is 0.278. The molecule has 0 bridgehead atoms. The summed E-state index contributed by atoms with van der Waals surface area (Å²) in [4.78, 5) is 24.1. The highest BCUT2D eigenvalue weighted by Gasteiger charge is 2.36. The van der Waals surface area contributed by atoms with Crippen LogP contribution in [0.5, 0.6) is 0 Å². The first-order valence-corrected chi connectivity index (χ1v) is 6.56. The molecule has 96 valence electrons. The van der Waals surface area contributed by atoms with Crippen molar-refractivity contribution in [3.63, 3.8) is 0 Å². The van der Waals surface area contributed by atoms with Gasteiger partial charge >= 0.3 is 0 Å². The second kappa shape index (κ2) is 4.39. The predicted octanol–water partition coefficient (Wildman–Crippen LogP) is 1.25. The molecule has 0 radical (unpaired) electrons. The van der Waals surface area contributed by atoms with Gasteiger partial charge in [-0.1, -0.05) is 0 Å². The predicted molar refractivity (Wildman–Crippen MR) is 68.7 cm³/mol. The Labute approximate surface area is 111 Å². The van der Waals surface area contributed by atoms with Crippen molar-refractivity contribution in [3.05, 3.63) is 17.0 Å². The first-order chi connectivity index (χ1) is 8.65. The molecule has 1 aromatic heterocycles. The van der Waals surface area contributed by atoms with Gasteiger partial charge < -0.3 is 9.80 Å². The number of amides is 1. The Hall–Kier alpha value is -1.36. The Morgan fingerprint density at radius 3 is 3.11 bits per heavy atom. The number of rotatable bonds is 1. The first kappa shape index (κ1) is 11.7. The van der Waals surface area contributed by atoms with Crippen LogP contribution in [0.3, 0.4) is 0 Å². The zero-order valence-electron chi connectivity index (χ0n) is 10.3. The molecule has 0 saturated carbocycles. The smallest absolute Gasteiger partial charge is 0.224 e. The van der Waals surface area contributed by atoms with Crippen LogP contribution in [0.4, 0.5) is 5.82 Å². The molecule has 0 spiro atoms. The van der Waals surface area contributed by atoms with Crippen LogP contribution in [-0.4, -0.2) is 46.5 Å².